The van der Waals surface area contributed by atoms with Crippen LogP contribution >= 0.6 is 0 Å². The summed E-state index contributed by atoms with van der Waals surface area (Å²) in [5.41, 5.74) is 0.179. The highest BCUT2D eigenvalue weighted by molar-refractivity contribution is 5.36. The molecule has 74 valence electrons. The van der Waals surface area contributed by atoms with Crippen molar-refractivity contribution in [2.75, 3.05) is 0 Å². The number of aromatic nitrogens is 1. The van der Waals surface area contributed by atoms with Gasteiger partial charge in [0, 0.05) is 5.69 Å². The summed E-state index contributed by atoms with van der Waals surface area (Å²) in [4.78, 5) is 3.54. The molecule has 0 aliphatic carbocycles. The lowest BCUT2D eigenvalue weighted by Crippen LogP contribution is -1.98. The van der Waals surface area contributed by atoms with E-state index < -0.39 is 17.9 Å². The van der Waals surface area contributed by atoms with Crippen LogP contribution in [0.2, 0.25) is 0 Å². The molecule has 0 saturated carbocycles. The number of rotatable bonds is 2. The van der Waals surface area contributed by atoms with Gasteiger partial charge in [-0.05, 0) is 18.6 Å². The van der Waals surface area contributed by atoms with Crippen LogP contribution in [0.3, 0.4) is 0 Å². The van der Waals surface area contributed by atoms with E-state index >= 15 is 0 Å². The zero-order valence-corrected chi connectivity index (χ0v) is 7.46. The molecule has 3 nitrogen and oxygen atoms in total. The molecule has 0 aliphatic rings. The maximum Gasteiger partial charge on any atom is 0.284 e. The van der Waals surface area contributed by atoms with Gasteiger partial charge in [-0.3, -0.25) is 0 Å². The Kier molecular flexibility index (Phi) is 2.97. The van der Waals surface area contributed by atoms with Gasteiger partial charge in [-0.25, -0.2) is 13.8 Å². The first-order valence-corrected chi connectivity index (χ1v) is 3.90. The summed E-state index contributed by atoms with van der Waals surface area (Å²) in [7, 11) is 0. The van der Waals surface area contributed by atoms with E-state index in [9.17, 15) is 8.78 Å². The smallest absolute Gasteiger partial charge is 0.284 e. The SMILES string of the molecule is Cc1nc(C(F)F)c(O)cc1CC#N. The van der Waals surface area contributed by atoms with Crippen molar-refractivity contribution in [2.45, 2.75) is 19.8 Å². The van der Waals surface area contributed by atoms with Crippen molar-refractivity contribution in [3.05, 3.63) is 23.0 Å². The molecule has 1 N–H and O–H groups in total. The number of pyridine rings is 1. The highest BCUT2D eigenvalue weighted by Crippen LogP contribution is 2.27. The Morgan fingerprint density at radius 1 is 1.64 bits per heavy atom. The largest absolute Gasteiger partial charge is 0.506 e. The molecule has 1 heterocycles. The molecule has 14 heavy (non-hydrogen) atoms. The molecule has 1 aromatic rings. The Bertz CT molecular complexity index is 385. The van der Waals surface area contributed by atoms with Crippen molar-refractivity contribution in [2.24, 2.45) is 0 Å². The molecule has 0 spiro atoms. The molecule has 5 heteroatoms. The Morgan fingerprint density at radius 3 is 2.79 bits per heavy atom. The second-order valence-corrected chi connectivity index (χ2v) is 2.77. The van der Waals surface area contributed by atoms with E-state index in [1.165, 1.54) is 6.92 Å². The first-order chi connectivity index (χ1) is 6.56. The van der Waals surface area contributed by atoms with Crippen molar-refractivity contribution in [3.63, 3.8) is 0 Å². The third kappa shape index (κ3) is 1.96. The van der Waals surface area contributed by atoms with Crippen LogP contribution in [0.15, 0.2) is 6.07 Å². The zero-order chi connectivity index (χ0) is 10.7. The van der Waals surface area contributed by atoms with Gasteiger partial charge >= 0.3 is 0 Å². The summed E-state index contributed by atoms with van der Waals surface area (Å²) in [5, 5.41) is 17.6. The second kappa shape index (κ2) is 4.01. The highest BCUT2D eigenvalue weighted by Gasteiger charge is 2.16. The first-order valence-electron chi connectivity index (χ1n) is 3.90. The summed E-state index contributed by atoms with van der Waals surface area (Å²) in [6.45, 7) is 1.53. The lowest BCUT2D eigenvalue weighted by Gasteiger charge is -2.06. The third-order valence-electron chi connectivity index (χ3n) is 1.80. The fourth-order valence-corrected chi connectivity index (χ4v) is 1.08. The van der Waals surface area contributed by atoms with Crippen LogP contribution in [0.4, 0.5) is 8.78 Å². The van der Waals surface area contributed by atoms with Crippen molar-refractivity contribution in [1.29, 1.82) is 5.26 Å². The number of hydrogen-bond donors (Lipinski definition) is 1. The van der Waals surface area contributed by atoms with Gasteiger partial charge in [0.15, 0.2) is 0 Å². The monoisotopic (exact) mass is 198 g/mol. The van der Waals surface area contributed by atoms with Gasteiger partial charge in [0.1, 0.15) is 11.4 Å². The Morgan fingerprint density at radius 2 is 2.29 bits per heavy atom. The summed E-state index contributed by atoms with van der Waals surface area (Å²) in [6, 6.07) is 3.02. The maximum absolute atomic E-state index is 12.2. The second-order valence-electron chi connectivity index (χ2n) is 2.77. The van der Waals surface area contributed by atoms with E-state index in [0.717, 1.165) is 6.07 Å². The molecule has 0 amide bonds. The lowest BCUT2D eigenvalue weighted by atomic mass is 10.1. The molecule has 0 aliphatic heterocycles. The average Bonchev–Trinajstić information content (AvgIpc) is 2.10. The molecule has 0 bridgehead atoms. The van der Waals surface area contributed by atoms with Crippen LogP contribution < -0.4 is 0 Å². The van der Waals surface area contributed by atoms with Crippen molar-refractivity contribution in [1.82, 2.24) is 4.98 Å². The van der Waals surface area contributed by atoms with E-state index in [2.05, 4.69) is 4.98 Å². The number of halogens is 2. The van der Waals surface area contributed by atoms with E-state index in [-0.39, 0.29) is 6.42 Å². The van der Waals surface area contributed by atoms with Crippen LogP contribution in [-0.2, 0) is 6.42 Å². The minimum absolute atomic E-state index is 0.0515. The number of nitriles is 1. The number of alkyl halides is 2. The van der Waals surface area contributed by atoms with E-state index in [4.69, 9.17) is 10.4 Å². The van der Waals surface area contributed by atoms with Crippen LogP contribution in [0.1, 0.15) is 23.4 Å². The third-order valence-corrected chi connectivity index (χ3v) is 1.80. The molecule has 0 radical (unpaired) electrons. The van der Waals surface area contributed by atoms with Crippen LogP contribution in [0.25, 0.3) is 0 Å². The topological polar surface area (TPSA) is 56.9 Å². The van der Waals surface area contributed by atoms with Crippen molar-refractivity contribution < 1.29 is 13.9 Å². The Hall–Kier alpha value is -1.70. The van der Waals surface area contributed by atoms with Gasteiger partial charge in [0.05, 0.1) is 12.5 Å². The van der Waals surface area contributed by atoms with E-state index in [0.29, 0.717) is 11.3 Å². The zero-order valence-electron chi connectivity index (χ0n) is 7.46. The van der Waals surface area contributed by atoms with Crippen LogP contribution in [0, 0.1) is 18.3 Å². The predicted molar refractivity (Wildman–Crippen MR) is 44.9 cm³/mol. The van der Waals surface area contributed by atoms with Crippen molar-refractivity contribution >= 4 is 0 Å². The average molecular weight is 198 g/mol. The number of hydrogen-bond acceptors (Lipinski definition) is 3. The quantitative estimate of drug-likeness (QED) is 0.791. The van der Waals surface area contributed by atoms with Crippen LogP contribution in [0.5, 0.6) is 5.75 Å². The first kappa shape index (κ1) is 10.4. The van der Waals surface area contributed by atoms with E-state index in [1.807, 2.05) is 6.07 Å². The minimum Gasteiger partial charge on any atom is -0.506 e. The molecule has 0 aromatic carbocycles. The molecule has 0 atom stereocenters. The minimum atomic E-state index is -2.80. The van der Waals surface area contributed by atoms with Gasteiger partial charge in [0.25, 0.3) is 6.43 Å². The fraction of sp³-hybridized carbons (Fsp3) is 0.333. The Labute approximate surface area is 79.6 Å². The normalized spacial score (nSPS) is 10.2. The summed E-state index contributed by atoms with van der Waals surface area (Å²) < 4.78 is 24.5. The fourth-order valence-electron chi connectivity index (χ4n) is 1.08. The molecular formula is C9H8F2N2O. The Balaban J connectivity index is 3.18. The van der Waals surface area contributed by atoms with Gasteiger partial charge in [-0.2, -0.15) is 5.26 Å². The standard InChI is InChI=1S/C9H8F2N2O/c1-5-6(2-3-12)4-7(14)8(13-5)9(10)11/h4,9,14H,2H2,1H3. The van der Waals surface area contributed by atoms with E-state index in [1.54, 1.807) is 0 Å². The maximum atomic E-state index is 12.2. The number of aryl methyl sites for hydroxylation is 1. The lowest BCUT2D eigenvalue weighted by molar-refractivity contribution is 0.141. The summed E-state index contributed by atoms with van der Waals surface area (Å²) >= 11 is 0. The highest BCUT2D eigenvalue weighted by atomic mass is 19.3. The van der Waals surface area contributed by atoms with Gasteiger partial charge in [-0.1, -0.05) is 0 Å². The van der Waals surface area contributed by atoms with Gasteiger partial charge < -0.3 is 5.11 Å². The molecule has 0 saturated heterocycles. The predicted octanol–water partition coefficient (Wildman–Crippen LogP) is 2.10. The number of nitrogens with zero attached hydrogens (tertiary/aromatic N) is 2. The molecule has 0 fully saturated rings. The number of aromatic hydroxyl groups is 1. The molecular weight excluding hydrogens is 190 g/mol. The molecule has 0 unspecified atom stereocenters. The summed E-state index contributed by atoms with van der Waals surface area (Å²) in [5.74, 6) is -0.559. The van der Waals surface area contributed by atoms with Crippen LogP contribution in [-0.4, -0.2) is 10.1 Å². The van der Waals surface area contributed by atoms with Crippen molar-refractivity contribution in [3.8, 4) is 11.8 Å². The van der Waals surface area contributed by atoms with Gasteiger partial charge in [0.2, 0.25) is 0 Å². The summed E-state index contributed by atoms with van der Waals surface area (Å²) in [6.07, 6.45) is -2.75. The van der Waals surface area contributed by atoms with Gasteiger partial charge in [-0.15, -0.1) is 0 Å². The molecule has 1 aromatic heterocycles. The molecule has 1 rings (SSSR count).